The van der Waals surface area contributed by atoms with Gasteiger partial charge in [0.15, 0.2) is 0 Å². The van der Waals surface area contributed by atoms with Crippen LogP contribution in [0.4, 0.5) is 0 Å². The Morgan fingerprint density at radius 2 is 2.00 bits per heavy atom. The Morgan fingerprint density at radius 1 is 1.31 bits per heavy atom. The number of aliphatic hydroxyl groups is 1. The molecular formula is C13H26N2O. The van der Waals surface area contributed by atoms with Crippen LogP contribution in [0.5, 0.6) is 0 Å². The van der Waals surface area contributed by atoms with Crippen LogP contribution in [-0.2, 0) is 0 Å². The van der Waals surface area contributed by atoms with Gasteiger partial charge in [-0.05, 0) is 38.0 Å². The standard InChI is InChI=1S/C13H26N2O/c1-10(16)12-6-13(14)9-15(8-12)7-11-4-2-3-5-11/h10-13,16H,2-9,14H2,1H3. The molecule has 3 nitrogen and oxygen atoms in total. The molecule has 2 aliphatic rings. The fraction of sp³-hybridized carbons (Fsp3) is 1.00. The second-order valence-corrected chi connectivity index (χ2v) is 5.87. The van der Waals surface area contributed by atoms with E-state index in [9.17, 15) is 5.11 Å². The zero-order chi connectivity index (χ0) is 11.5. The van der Waals surface area contributed by atoms with Gasteiger partial charge in [-0.3, -0.25) is 0 Å². The van der Waals surface area contributed by atoms with Crippen molar-refractivity contribution in [2.45, 2.75) is 51.2 Å². The van der Waals surface area contributed by atoms with Crippen LogP contribution in [-0.4, -0.2) is 41.8 Å². The van der Waals surface area contributed by atoms with Gasteiger partial charge in [0.25, 0.3) is 0 Å². The van der Waals surface area contributed by atoms with Gasteiger partial charge in [0.1, 0.15) is 0 Å². The van der Waals surface area contributed by atoms with E-state index in [4.69, 9.17) is 5.73 Å². The Kier molecular flexibility index (Phi) is 4.22. The maximum atomic E-state index is 9.69. The number of hydrogen-bond donors (Lipinski definition) is 2. The molecule has 0 aromatic heterocycles. The van der Waals surface area contributed by atoms with Crippen molar-refractivity contribution in [3.8, 4) is 0 Å². The maximum Gasteiger partial charge on any atom is 0.0553 e. The van der Waals surface area contributed by atoms with E-state index in [2.05, 4.69) is 4.90 Å². The van der Waals surface area contributed by atoms with Crippen molar-refractivity contribution in [3.05, 3.63) is 0 Å². The molecule has 1 heterocycles. The predicted molar refractivity (Wildman–Crippen MR) is 66.2 cm³/mol. The van der Waals surface area contributed by atoms with E-state index in [1.807, 2.05) is 6.92 Å². The zero-order valence-electron chi connectivity index (χ0n) is 10.4. The van der Waals surface area contributed by atoms with Gasteiger partial charge in [0.2, 0.25) is 0 Å². The number of hydrogen-bond acceptors (Lipinski definition) is 3. The van der Waals surface area contributed by atoms with Gasteiger partial charge in [-0.1, -0.05) is 12.8 Å². The summed E-state index contributed by atoms with van der Waals surface area (Å²) in [6.45, 7) is 5.18. The highest BCUT2D eigenvalue weighted by Crippen LogP contribution is 2.27. The second-order valence-electron chi connectivity index (χ2n) is 5.87. The van der Waals surface area contributed by atoms with Crippen molar-refractivity contribution in [2.75, 3.05) is 19.6 Å². The van der Waals surface area contributed by atoms with E-state index in [1.165, 1.54) is 32.2 Å². The largest absolute Gasteiger partial charge is 0.393 e. The summed E-state index contributed by atoms with van der Waals surface area (Å²) in [6.07, 6.45) is 6.38. The molecule has 3 atom stereocenters. The molecule has 94 valence electrons. The molecular weight excluding hydrogens is 200 g/mol. The van der Waals surface area contributed by atoms with Crippen LogP contribution in [0.3, 0.4) is 0 Å². The molecule has 3 unspecified atom stereocenters. The summed E-state index contributed by atoms with van der Waals surface area (Å²) in [5.41, 5.74) is 6.07. The summed E-state index contributed by atoms with van der Waals surface area (Å²) in [7, 11) is 0. The third kappa shape index (κ3) is 3.19. The number of nitrogens with zero attached hydrogens (tertiary/aromatic N) is 1. The van der Waals surface area contributed by atoms with E-state index in [0.717, 1.165) is 25.4 Å². The molecule has 1 aliphatic carbocycles. The van der Waals surface area contributed by atoms with E-state index in [-0.39, 0.29) is 12.1 Å². The fourth-order valence-corrected chi connectivity index (χ4v) is 3.33. The molecule has 3 heteroatoms. The molecule has 1 aliphatic heterocycles. The number of nitrogens with two attached hydrogens (primary N) is 1. The first kappa shape index (κ1) is 12.3. The minimum Gasteiger partial charge on any atom is -0.393 e. The molecule has 1 saturated heterocycles. The molecule has 0 spiro atoms. The Labute approximate surface area is 99.0 Å². The van der Waals surface area contributed by atoms with E-state index >= 15 is 0 Å². The lowest BCUT2D eigenvalue weighted by molar-refractivity contribution is 0.0486. The lowest BCUT2D eigenvalue weighted by atomic mass is 9.90. The average molecular weight is 226 g/mol. The van der Waals surface area contributed by atoms with Gasteiger partial charge in [0, 0.05) is 25.7 Å². The molecule has 0 radical (unpaired) electrons. The van der Waals surface area contributed by atoms with E-state index in [0.29, 0.717) is 5.92 Å². The van der Waals surface area contributed by atoms with Crippen LogP contribution in [0.25, 0.3) is 0 Å². The number of likely N-dealkylation sites (tertiary alicyclic amines) is 1. The topological polar surface area (TPSA) is 49.5 Å². The Balaban J connectivity index is 1.83. The Bertz CT molecular complexity index is 212. The number of aliphatic hydroxyl groups excluding tert-OH is 1. The first-order chi connectivity index (χ1) is 7.65. The van der Waals surface area contributed by atoms with Gasteiger partial charge in [-0.15, -0.1) is 0 Å². The predicted octanol–water partition coefficient (Wildman–Crippen LogP) is 1.21. The lowest BCUT2D eigenvalue weighted by Crippen LogP contribution is -2.50. The first-order valence-corrected chi connectivity index (χ1v) is 6.81. The van der Waals surface area contributed by atoms with Crippen molar-refractivity contribution in [2.24, 2.45) is 17.6 Å². The molecule has 1 saturated carbocycles. The molecule has 3 N–H and O–H groups in total. The summed E-state index contributed by atoms with van der Waals surface area (Å²) in [5.74, 6) is 1.27. The summed E-state index contributed by atoms with van der Waals surface area (Å²) in [5, 5.41) is 9.69. The number of piperidine rings is 1. The van der Waals surface area contributed by atoms with Crippen molar-refractivity contribution in [1.29, 1.82) is 0 Å². The maximum absolute atomic E-state index is 9.69. The third-order valence-corrected chi connectivity index (χ3v) is 4.26. The van der Waals surface area contributed by atoms with Gasteiger partial charge >= 0.3 is 0 Å². The monoisotopic (exact) mass is 226 g/mol. The van der Waals surface area contributed by atoms with Crippen molar-refractivity contribution in [1.82, 2.24) is 4.90 Å². The normalized spacial score (nSPS) is 35.4. The molecule has 0 aromatic carbocycles. The van der Waals surface area contributed by atoms with Crippen molar-refractivity contribution >= 4 is 0 Å². The summed E-state index contributed by atoms with van der Waals surface area (Å²) in [4.78, 5) is 2.49. The molecule has 2 rings (SSSR count). The summed E-state index contributed by atoms with van der Waals surface area (Å²) in [6, 6.07) is 0.259. The second kappa shape index (κ2) is 5.48. The quantitative estimate of drug-likeness (QED) is 0.760. The van der Waals surface area contributed by atoms with Crippen LogP contribution < -0.4 is 5.73 Å². The highest BCUT2D eigenvalue weighted by Gasteiger charge is 2.29. The highest BCUT2D eigenvalue weighted by atomic mass is 16.3. The van der Waals surface area contributed by atoms with E-state index < -0.39 is 0 Å². The fourth-order valence-electron chi connectivity index (χ4n) is 3.33. The van der Waals surface area contributed by atoms with Crippen LogP contribution in [0.2, 0.25) is 0 Å². The highest BCUT2D eigenvalue weighted by molar-refractivity contribution is 4.85. The van der Waals surface area contributed by atoms with Gasteiger partial charge < -0.3 is 15.7 Å². The average Bonchev–Trinajstić information content (AvgIpc) is 2.69. The first-order valence-electron chi connectivity index (χ1n) is 6.81. The Morgan fingerprint density at radius 3 is 2.62 bits per heavy atom. The number of rotatable bonds is 3. The van der Waals surface area contributed by atoms with Crippen molar-refractivity contribution < 1.29 is 5.11 Å². The minimum atomic E-state index is -0.211. The smallest absolute Gasteiger partial charge is 0.0553 e. The summed E-state index contributed by atoms with van der Waals surface area (Å²) < 4.78 is 0. The molecule has 0 amide bonds. The minimum absolute atomic E-state index is 0.211. The lowest BCUT2D eigenvalue weighted by Gasteiger charge is -2.38. The molecule has 0 aromatic rings. The molecule has 2 fully saturated rings. The van der Waals surface area contributed by atoms with Gasteiger partial charge in [-0.25, -0.2) is 0 Å². The van der Waals surface area contributed by atoms with Crippen LogP contribution in [0, 0.1) is 11.8 Å². The molecule has 16 heavy (non-hydrogen) atoms. The Hall–Kier alpha value is -0.120. The van der Waals surface area contributed by atoms with Gasteiger partial charge in [0.05, 0.1) is 6.10 Å². The van der Waals surface area contributed by atoms with Crippen molar-refractivity contribution in [3.63, 3.8) is 0 Å². The van der Waals surface area contributed by atoms with Gasteiger partial charge in [-0.2, -0.15) is 0 Å². The zero-order valence-corrected chi connectivity index (χ0v) is 10.4. The van der Waals surface area contributed by atoms with Crippen LogP contribution in [0.1, 0.15) is 39.0 Å². The van der Waals surface area contributed by atoms with Crippen LogP contribution in [0.15, 0.2) is 0 Å². The van der Waals surface area contributed by atoms with E-state index in [1.54, 1.807) is 0 Å². The summed E-state index contributed by atoms with van der Waals surface area (Å²) >= 11 is 0. The SMILES string of the molecule is CC(O)C1CC(N)CN(CC2CCCC2)C1. The van der Waals surface area contributed by atoms with Crippen LogP contribution >= 0.6 is 0 Å². The molecule has 0 bridgehead atoms. The third-order valence-electron chi connectivity index (χ3n) is 4.26.